The van der Waals surface area contributed by atoms with E-state index in [-0.39, 0.29) is 5.75 Å². The molecule has 7 heteroatoms. The van der Waals surface area contributed by atoms with Gasteiger partial charge in [-0.15, -0.1) is 0 Å². The molecule has 3 aliphatic rings. The lowest BCUT2D eigenvalue weighted by molar-refractivity contribution is 0.0398. The lowest BCUT2D eigenvalue weighted by Gasteiger charge is -2.31. The van der Waals surface area contributed by atoms with Crippen LogP contribution >= 0.6 is 0 Å². The molecule has 4 rings (SSSR count). The van der Waals surface area contributed by atoms with Gasteiger partial charge in [0.1, 0.15) is 0 Å². The summed E-state index contributed by atoms with van der Waals surface area (Å²) in [6.07, 6.45) is 12.2. The second-order valence-electron chi connectivity index (χ2n) is 9.13. The molecular formula is C21H35N3O3S. The van der Waals surface area contributed by atoms with Crippen molar-refractivity contribution in [3.05, 3.63) is 11.9 Å². The number of hydrogen-bond donors (Lipinski definition) is 0. The Morgan fingerprint density at radius 3 is 2.46 bits per heavy atom. The Morgan fingerprint density at radius 2 is 1.79 bits per heavy atom. The highest BCUT2D eigenvalue weighted by Crippen LogP contribution is 2.33. The Kier molecular flexibility index (Phi) is 6.43. The van der Waals surface area contributed by atoms with Crippen LogP contribution in [0.3, 0.4) is 0 Å². The standard InChI is InChI=1S/C21H35N3O3S/c1-23(19-9-11-27-12-10-19)15-20-13-22-21(28(25,26)16-18-7-8-18)24(20)14-17-5-3-2-4-6-17/h13,17-19H,2-12,14-16H2,1H3. The number of imidazole rings is 1. The Balaban J connectivity index is 1.55. The lowest BCUT2D eigenvalue weighted by Crippen LogP contribution is -2.36. The van der Waals surface area contributed by atoms with Gasteiger partial charge in [-0.1, -0.05) is 19.3 Å². The molecule has 2 aliphatic carbocycles. The van der Waals surface area contributed by atoms with Gasteiger partial charge in [-0.3, -0.25) is 4.90 Å². The molecule has 0 bridgehead atoms. The molecule has 1 saturated heterocycles. The number of nitrogens with zero attached hydrogens (tertiary/aromatic N) is 3. The van der Waals surface area contributed by atoms with Crippen molar-refractivity contribution in [3.8, 4) is 0 Å². The maximum Gasteiger partial charge on any atom is 0.227 e. The lowest BCUT2D eigenvalue weighted by atomic mass is 9.89. The molecule has 1 aromatic rings. The number of aromatic nitrogens is 2. The molecular weight excluding hydrogens is 374 g/mol. The van der Waals surface area contributed by atoms with Gasteiger partial charge in [-0.05, 0) is 57.4 Å². The summed E-state index contributed by atoms with van der Waals surface area (Å²) in [5.74, 6) is 1.19. The van der Waals surface area contributed by atoms with Crippen LogP contribution in [0.1, 0.15) is 63.5 Å². The summed E-state index contributed by atoms with van der Waals surface area (Å²) in [5, 5.41) is 0.320. The fourth-order valence-electron chi connectivity index (χ4n) is 4.77. The van der Waals surface area contributed by atoms with Crippen molar-refractivity contribution in [2.75, 3.05) is 26.0 Å². The second-order valence-corrected chi connectivity index (χ2v) is 11.1. The van der Waals surface area contributed by atoms with Gasteiger partial charge in [0.15, 0.2) is 0 Å². The number of sulfone groups is 1. The summed E-state index contributed by atoms with van der Waals surface area (Å²) in [6.45, 7) is 3.19. The van der Waals surface area contributed by atoms with Gasteiger partial charge < -0.3 is 9.30 Å². The van der Waals surface area contributed by atoms with Crippen LogP contribution in [0.4, 0.5) is 0 Å². The summed E-state index contributed by atoms with van der Waals surface area (Å²) in [7, 11) is -1.16. The average molecular weight is 410 g/mol. The van der Waals surface area contributed by atoms with Crippen LogP contribution in [0.2, 0.25) is 0 Å². The minimum absolute atomic E-state index is 0.268. The minimum atomic E-state index is -3.30. The van der Waals surface area contributed by atoms with Crippen LogP contribution in [-0.2, 0) is 27.7 Å². The number of rotatable bonds is 8. The van der Waals surface area contributed by atoms with E-state index >= 15 is 0 Å². The van der Waals surface area contributed by atoms with Gasteiger partial charge in [0.05, 0.1) is 17.6 Å². The van der Waals surface area contributed by atoms with Gasteiger partial charge in [0.2, 0.25) is 15.0 Å². The third-order valence-corrected chi connectivity index (χ3v) is 8.52. The van der Waals surface area contributed by atoms with Crippen molar-refractivity contribution in [1.29, 1.82) is 0 Å². The molecule has 3 fully saturated rings. The molecule has 28 heavy (non-hydrogen) atoms. The SMILES string of the molecule is CN(Cc1cnc(S(=O)(=O)CC2CC2)n1CC1CCCCC1)C1CCOCC1. The molecule has 2 heterocycles. The Labute approximate surface area is 169 Å². The van der Waals surface area contributed by atoms with Crippen LogP contribution in [0.5, 0.6) is 0 Å². The van der Waals surface area contributed by atoms with E-state index in [1.807, 2.05) is 6.20 Å². The molecule has 0 aromatic carbocycles. The van der Waals surface area contributed by atoms with Crippen molar-refractivity contribution in [3.63, 3.8) is 0 Å². The molecule has 6 nitrogen and oxygen atoms in total. The van der Waals surface area contributed by atoms with Gasteiger partial charge in [-0.2, -0.15) is 0 Å². The van der Waals surface area contributed by atoms with Crippen LogP contribution in [-0.4, -0.2) is 54.9 Å². The van der Waals surface area contributed by atoms with E-state index in [4.69, 9.17) is 4.74 Å². The first-order chi connectivity index (χ1) is 13.5. The van der Waals surface area contributed by atoms with E-state index in [1.54, 1.807) is 0 Å². The average Bonchev–Trinajstić information content (AvgIpc) is 3.42. The van der Waals surface area contributed by atoms with Crippen molar-refractivity contribution in [2.24, 2.45) is 11.8 Å². The van der Waals surface area contributed by atoms with Crippen LogP contribution < -0.4 is 0 Å². The predicted octanol–water partition coefficient (Wildman–Crippen LogP) is 3.26. The monoisotopic (exact) mass is 409 g/mol. The molecule has 0 N–H and O–H groups in total. The normalized spacial score (nSPS) is 22.8. The van der Waals surface area contributed by atoms with Crippen LogP contribution in [0.15, 0.2) is 11.4 Å². The minimum Gasteiger partial charge on any atom is -0.381 e. The molecule has 0 unspecified atom stereocenters. The van der Waals surface area contributed by atoms with Crippen LogP contribution in [0.25, 0.3) is 0 Å². The van der Waals surface area contributed by atoms with E-state index in [1.165, 1.54) is 32.1 Å². The molecule has 158 valence electrons. The van der Waals surface area contributed by atoms with Crippen LogP contribution in [0, 0.1) is 11.8 Å². The maximum atomic E-state index is 13.0. The van der Waals surface area contributed by atoms with Crippen molar-refractivity contribution < 1.29 is 13.2 Å². The molecule has 0 amide bonds. The fraction of sp³-hybridized carbons (Fsp3) is 0.857. The molecule has 1 aliphatic heterocycles. The zero-order chi connectivity index (χ0) is 19.6. The van der Waals surface area contributed by atoms with Gasteiger partial charge >= 0.3 is 0 Å². The molecule has 0 radical (unpaired) electrons. The smallest absolute Gasteiger partial charge is 0.227 e. The molecule has 1 aromatic heterocycles. The zero-order valence-electron chi connectivity index (χ0n) is 17.2. The first kappa shape index (κ1) is 20.4. The Hall–Kier alpha value is -0.920. The number of ether oxygens (including phenoxy) is 1. The predicted molar refractivity (Wildman–Crippen MR) is 109 cm³/mol. The fourth-order valence-corrected chi connectivity index (χ4v) is 6.61. The summed E-state index contributed by atoms with van der Waals surface area (Å²) in [5.41, 5.74) is 1.05. The zero-order valence-corrected chi connectivity index (χ0v) is 18.0. The third kappa shape index (κ3) is 4.97. The van der Waals surface area contributed by atoms with E-state index in [2.05, 4.69) is 21.5 Å². The van der Waals surface area contributed by atoms with Crippen molar-refractivity contribution in [1.82, 2.24) is 14.5 Å². The van der Waals surface area contributed by atoms with E-state index in [9.17, 15) is 8.42 Å². The second kappa shape index (κ2) is 8.84. The quantitative estimate of drug-likeness (QED) is 0.659. The summed E-state index contributed by atoms with van der Waals surface area (Å²) in [4.78, 5) is 6.81. The molecule has 0 spiro atoms. The maximum absolute atomic E-state index is 13.0. The first-order valence-electron chi connectivity index (χ1n) is 11.1. The number of hydrogen-bond acceptors (Lipinski definition) is 5. The topological polar surface area (TPSA) is 64.4 Å². The third-order valence-electron chi connectivity index (χ3n) is 6.72. The Bertz CT molecular complexity index is 745. The van der Waals surface area contributed by atoms with Gasteiger partial charge in [0, 0.05) is 32.3 Å². The van der Waals surface area contributed by atoms with Crippen molar-refractivity contribution >= 4 is 9.84 Å². The van der Waals surface area contributed by atoms with Gasteiger partial charge in [0.25, 0.3) is 0 Å². The first-order valence-corrected chi connectivity index (χ1v) is 12.7. The molecule has 2 saturated carbocycles. The summed E-state index contributed by atoms with van der Waals surface area (Å²) in [6, 6.07) is 0.498. The largest absolute Gasteiger partial charge is 0.381 e. The van der Waals surface area contributed by atoms with E-state index < -0.39 is 9.84 Å². The summed E-state index contributed by atoms with van der Waals surface area (Å²) >= 11 is 0. The van der Waals surface area contributed by atoms with Crippen molar-refractivity contribution in [2.45, 2.75) is 82.1 Å². The molecule has 0 atom stereocenters. The highest BCUT2D eigenvalue weighted by atomic mass is 32.2. The van der Waals surface area contributed by atoms with E-state index in [0.29, 0.717) is 23.0 Å². The van der Waals surface area contributed by atoms with Gasteiger partial charge in [-0.25, -0.2) is 13.4 Å². The summed E-state index contributed by atoms with van der Waals surface area (Å²) < 4.78 is 33.6. The van der Waals surface area contributed by atoms with E-state index in [0.717, 1.165) is 57.7 Å². The Morgan fingerprint density at radius 1 is 1.07 bits per heavy atom. The highest BCUT2D eigenvalue weighted by molar-refractivity contribution is 7.91. The highest BCUT2D eigenvalue weighted by Gasteiger charge is 2.33.